The van der Waals surface area contributed by atoms with Crippen LogP contribution >= 0.6 is 0 Å². The Bertz CT molecular complexity index is 2530. The van der Waals surface area contributed by atoms with Gasteiger partial charge in [0.1, 0.15) is 23.2 Å². The van der Waals surface area contributed by atoms with E-state index >= 15 is 0 Å². The van der Waals surface area contributed by atoms with Crippen LogP contribution in [-0.2, 0) is 18.9 Å². The van der Waals surface area contributed by atoms with Gasteiger partial charge in [-0.3, -0.25) is 25.2 Å². The van der Waals surface area contributed by atoms with Gasteiger partial charge in [-0.25, -0.2) is 0 Å². The summed E-state index contributed by atoms with van der Waals surface area (Å²) in [7, 11) is 3.82. The van der Waals surface area contributed by atoms with Gasteiger partial charge in [-0.1, -0.05) is 78.9 Å². The molecule has 0 aliphatic carbocycles. The number of benzene rings is 5. The summed E-state index contributed by atoms with van der Waals surface area (Å²) in [4.78, 5) is 43.3. The van der Waals surface area contributed by atoms with E-state index in [1.807, 2.05) is 111 Å². The number of ether oxygens (including phenoxy) is 1. The zero-order valence-corrected chi connectivity index (χ0v) is 29.3. The van der Waals surface area contributed by atoms with Crippen molar-refractivity contribution in [1.82, 2.24) is 24.9 Å². The number of aryl methyl sites for hydroxylation is 3. The fourth-order valence-electron chi connectivity index (χ4n) is 7.51. The Morgan fingerprint density at radius 3 is 2.27 bits per heavy atom. The van der Waals surface area contributed by atoms with Crippen LogP contribution in [0.5, 0.6) is 11.5 Å². The molecule has 52 heavy (non-hydrogen) atoms. The lowest BCUT2D eigenvalue weighted by Gasteiger charge is -2.31. The molecule has 0 saturated carbocycles. The van der Waals surface area contributed by atoms with E-state index < -0.39 is 23.9 Å². The topological polar surface area (TPSA) is 97.6 Å². The van der Waals surface area contributed by atoms with Crippen molar-refractivity contribution in [3.8, 4) is 22.8 Å². The second-order valence-electron chi connectivity index (χ2n) is 13.3. The molecule has 0 saturated heterocycles. The second-order valence-corrected chi connectivity index (χ2v) is 13.3. The van der Waals surface area contributed by atoms with Crippen molar-refractivity contribution in [2.24, 2.45) is 14.1 Å². The standard InChI is InChI=1S/C43H37N5O4/c1-26-13-12-16-30(23-26)52-31-21-22-35-29(24-31)25-37(46(35)3)42(50)45-44-41(49)27(2)48-40(32-17-8-9-18-33(32)43(48)51)38-34-19-10-11-20-36(34)47(4)39(38)28-14-6-5-7-15-28/h5-25,27,40H,1-4H3,(H,44,49)(H,45,50). The Morgan fingerprint density at radius 1 is 0.731 bits per heavy atom. The molecule has 1 aliphatic heterocycles. The Labute approximate surface area is 301 Å². The quantitative estimate of drug-likeness (QED) is 0.167. The van der Waals surface area contributed by atoms with Gasteiger partial charge in [-0.05, 0) is 79.1 Å². The second kappa shape index (κ2) is 12.9. The summed E-state index contributed by atoms with van der Waals surface area (Å²) in [6.07, 6.45) is 0. The normalized spacial score (nSPS) is 14.4. The highest BCUT2D eigenvalue weighted by atomic mass is 16.5. The van der Waals surface area contributed by atoms with Gasteiger partial charge in [-0.15, -0.1) is 0 Å². The third-order valence-electron chi connectivity index (χ3n) is 10.0. The fraction of sp³-hybridized carbons (Fsp3) is 0.140. The van der Waals surface area contributed by atoms with Crippen molar-refractivity contribution in [3.05, 3.63) is 155 Å². The van der Waals surface area contributed by atoms with Crippen LogP contribution in [0.3, 0.4) is 0 Å². The number of aromatic nitrogens is 2. The van der Waals surface area contributed by atoms with Crippen LogP contribution in [0.25, 0.3) is 33.1 Å². The lowest BCUT2D eigenvalue weighted by Crippen LogP contribution is -2.52. The van der Waals surface area contributed by atoms with E-state index in [0.29, 0.717) is 17.0 Å². The van der Waals surface area contributed by atoms with Crippen molar-refractivity contribution in [1.29, 1.82) is 0 Å². The first kappa shape index (κ1) is 32.6. The maximum absolute atomic E-state index is 14.2. The number of hydrazine groups is 1. The van der Waals surface area contributed by atoms with Crippen LogP contribution in [-0.4, -0.2) is 37.8 Å². The average Bonchev–Trinajstić information content (AvgIpc) is 3.76. The number of carbonyl (C=O) groups is 3. The molecule has 7 aromatic rings. The first-order valence-corrected chi connectivity index (χ1v) is 17.2. The minimum atomic E-state index is -0.943. The third-order valence-corrected chi connectivity index (χ3v) is 10.0. The smallest absolute Gasteiger partial charge is 0.286 e. The Morgan fingerprint density at radius 2 is 1.46 bits per heavy atom. The summed E-state index contributed by atoms with van der Waals surface area (Å²) >= 11 is 0. The molecule has 0 radical (unpaired) electrons. The molecule has 258 valence electrons. The Hall–Kier alpha value is -6.61. The Balaban J connectivity index is 1.08. The number of nitrogens with zero attached hydrogens (tertiary/aromatic N) is 3. The summed E-state index contributed by atoms with van der Waals surface area (Å²) in [5.74, 6) is 0.106. The molecular formula is C43H37N5O4. The molecule has 2 atom stereocenters. The molecule has 0 bridgehead atoms. The highest BCUT2D eigenvalue weighted by Crippen LogP contribution is 2.47. The maximum Gasteiger partial charge on any atom is 0.286 e. The van der Waals surface area contributed by atoms with E-state index in [1.165, 1.54) is 0 Å². The largest absolute Gasteiger partial charge is 0.457 e. The highest BCUT2D eigenvalue weighted by molar-refractivity contribution is 6.05. The predicted molar refractivity (Wildman–Crippen MR) is 202 cm³/mol. The zero-order valence-electron chi connectivity index (χ0n) is 29.3. The summed E-state index contributed by atoms with van der Waals surface area (Å²) in [6.45, 7) is 3.70. The maximum atomic E-state index is 14.2. The van der Waals surface area contributed by atoms with Gasteiger partial charge < -0.3 is 18.8 Å². The number of hydrogen-bond acceptors (Lipinski definition) is 4. The van der Waals surface area contributed by atoms with Crippen molar-refractivity contribution < 1.29 is 19.1 Å². The molecule has 5 aromatic carbocycles. The van der Waals surface area contributed by atoms with Crippen molar-refractivity contribution >= 4 is 39.5 Å². The number of rotatable bonds is 7. The van der Waals surface area contributed by atoms with Gasteiger partial charge in [0.15, 0.2) is 0 Å². The SMILES string of the molecule is Cc1cccc(Oc2ccc3c(c2)cc(C(=O)NNC(=O)C(C)N2C(=O)c4ccccc4C2c2c(-c4ccccc4)n(C)c4ccccc24)n3C)c1. The van der Waals surface area contributed by atoms with Crippen LogP contribution in [0.2, 0.25) is 0 Å². The predicted octanol–water partition coefficient (Wildman–Crippen LogP) is 7.83. The molecule has 9 nitrogen and oxygen atoms in total. The molecule has 2 unspecified atom stereocenters. The molecule has 2 aromatic heterocycles. The zero-order chi connectivity index (χ0) is 36.1. The summed E-state index contributed by atoms with van der Waals surface area (Å²) in [5, 5.41) is 1.80. The molecule has 0 spiro atoms. The van der Waals surface area contributed by atoms with Gasteiger partial charge in [-0.2, -0.15) is 0 Å². The number of para-hydroxylation sites is 1. The summed E-state index contributed by atoms with van der Waals surface area (Å²) in [5.41, 5.74) is 12.8. The number of carbonyl (C=O) groups excluding carboxylic acids is 3. The van der Waals surface area contributed by atoms with E-state index in [0.717, 1.165) is 55.5 Å². The number of nitrogens with one attached hydrogen (secondary N) is 2. The van der Waals surface area contributed by atoms with Crippen LogP contribution in [0.1, 0.15) is 50.5 Å². The molecule has 0 fully saturated rings. The van der Waals surface area contributed by atoms with Gasteiger partial charge in [0.2, 0.25) is 0 Å². The van der Waals surface area contributed by atoms with Gasteiger partial charge in [0.05, 0.1) is 11.7 Å². The summed E-state index contributed by atoms with van der Waals surface area (Å²) in [6, 6.07) is 39.4. The first-order chi connectivity index (χ1) is 25.2. The van der Waals surface area contributed by atoms with E-state index in [-0.39, 0.29) is 5.91 Å². The minimum Gasteiger partial charge on any atom is -0.457 e. The Kier molecular flexibility index (Phi) is 8.10. The fourth-order valence-corrected chi connectivity index (χ4v) is 7.51. The number of hydrogen-bond donors (Lipinski definition) is 2. The third kappa shape index (κ3) is 5.47. The molecule has 1 aliphatic rings. The van der Waals surface area contributed by atoms with Crippen molar-refractivity contribution in [2.45, 2.75) is 25.9 Å². The average molecular weight is 688 g/mol. The highest BCUT2D eigenvalue weighted by Gasteiger charge is 2.44. The minimum absolute atomic E-state index is 0.251. The van der Waals surface area contributed by atoms with Crippen LogP contribution in [0.15, 0.2) is 127 Å². The van der Waals surface area contributed by atoms with E-state index in [2.05, 4.69) is 39.7 Å². The van der Waals surface area contributed by atoms with Crippen LogP contribution in [0.4, 0.5) is 0 Å². The molecule has 3 heterocycles. The van der Waals surface area contributed by atoms with Crippen molar-refractivity contribution in [2.75, 3.05) is 0 Å². The van der Waals surface area contributed by atoms with Gasteiger partial charge in [0.25, 0.3) is 17.7 Å². The molecule has 2 N–H and O–H groups in total. The molecular weight excluding hydrogens is 651 g/mol. The van der Waals surface area contributed by atoms with Gasteiger partial charge >= 0.3 is 0 Å². The lowest BCUT2D eigenvalue weighted by atomic mass is 9.92. The number of fused-ring (bicyclic) bond motifs is 3. The lowest BCUT2D eigenvalue weighted by molar-refractivity contribution is -0.126. The molecule has 9 heteroatoms. The van der Waals surface area contributed by atoms with Crippen LogP contribution in [0, 0.1) is 6.92 Å². The molecule has 3 amide bonds. The van der Waals surface area contributed by atoms with E-state index in [4.69, 9.17) is 4.74 Å². The van der Waals surface area contributed by atoms with E-state index in [9.17, 15) is 14.4 Å². The van der Waals surface area contributed by atoms with Crippen molar-refractivity contribution in [3.63, 3.8) is 0 Å². The van der Waals surface area contributed by atoms with Gasteiger partial charge in [0, 0.05) is 47.0 Å². The van der Waals surface area contributed by atoms with Crippen LogP contribution < -0.4 is 15.6 Å². The summed E-state index contributed by atoms with van der Waals surface area (Å²) < 4.78 is 9.97. The monoisotopic (exact) mass is 687 g/mol. The molecule has 8 rings (SSSR count). The van der Waals surface area contributed by atoms with E-state index in [1.54, 1.807) is 29.5 Å². The first-order valence-electron chi connectivity index (χ1n) is 17.2. The number of amides is 3.